The van der Waals surface area contributed by atoms with E-state index in [0.717, 1.165) is 30.7 Å². The highest BCUT2D eigenvalue weighted by molar-refractivity contribution is 9.10. The molecular weight excluding hydrogens is 302 g/mol. The number of aliphatic hydroxyl groups excluding tert-OH is 1. The third-order valence-corrected chi connectivity index (χ3v) is 4.81. The van der Waals surface area contributed by atoms with Crippen molar-refractivity contribution < 1.29 is 9.84 Å². The molecule has 2 atom stereocenters. The molecule has 1 aliphatic heterocycles. The lowest BCUT2D eigenvalue weighted by Gasteiger charge is -2.34. The van der Waals surface area contributed by atoms with Gasteiger partial charge in [-0.3, -0.25) is 4.90 Å². The van der Waals surface area contributed by atoms with E-state index in [4.69, 9.17) is 4.74 Å². The van der Waals surface area contributed by atoms with E-state index in [1.807, 2.05) is 5.38 Å². The summed E-state index contributed by atoms with van der Waals surface area (Å²) in [6, 6.07) is 2.06. The van der Waals surface area contributed by atoms with Gasteiger partial charge >= 0.3 is 0 Å². The third kappa shape index (κ3) is 3.76. The van der Waals surface area contributed by atoms with Gasteiger partial charge in [-0.05, 0) is 28.5 Å². The lowest BCUT2D eigenvalue weighted by molar-refractivity contribution is -0.0865. The second kappa shape index (κ2) is 6.29. The second-order valence-corrected chi connectivity index (χ2v) is 6.22. The van der Waals surface area contributed by atoms with E-state index in [1.165, 1.54) is 4.88 Å². The van der Waals surface area contributed by atoms with E-state index < -0.39 is 6.10 Å². The van der Waals surface area contributed by atoms with Crippen molar-refractivity contribution in [1.29, 1.82) is 0 Å². The van der Waals surface area contributed by atoms with Crippen LogP contribution in [0.5, 0.6) is 0 Å². The molecule has 17 heavy (non-hydrogen) atoms. The monoisotopic (exact) mass is 319 g/mol. The predicted molar refractivity (Wildman–Crippen MR) is 73.6 cm³/mol. The number of nitrogens with zero attached hydrogens (tertiary/aromatic N) is 1. The fraction of sp³-hybridized carbons (Fsp3) is 0.667. The molecule has 0 aromatic carbocycles. The van der Waals surface area contributed by atoms with Crippen LogP contribution in [0.15, 0.2) is 15.9 Å². The molecule has 2 unspecified atom stereocenters. The Kier molecular flexibility index (Phi) is 4.99. The minimum absolute atomic E-state index is 0.0513. The first-order valence-electron chi connectivity index (χ1n) is 5.94. The fourth-order valence-electron chi connectivity index (χ4n) is 2.05. The Labute approximate surface area is 115 Å². The van der Waals surface area contributed by atoms with Gasteiger partial charge in [-0.1, -0.05) is 6.92 Å². The average molecular weight is 320 g/mol. The van der Waals surface area contributed by atoms with Crippen molar-refractivity contribution in [2.24, 2.45) is 0 Å². The van der Waals surface area contributed by atoms with Gasteiger partial charge < -0.3 is 9.84 Å². The molecule has 1 N–H and O–H groups in total. The van der Waals surface area contributed by atoms with Crippen molar-refractivity contribution in [2.75, 3.05) is 26.2 Å². The highest BCUT2D eigenvalue weighted by Crippen LogP contribution is 2.22. The van der Waals surface area contributed by atoms with Gasteiger partial charge in [0.1, 0.15) is 0 Å². The van der Waals surface area contributed by atoms with Gasteiger partial charge in [-0.25, -0.2) is 0 Å². The van der Waals surface area contributed by atoms with Crippen molar-refractivity contribution >= 4 is 27.3 Å². The average Bonchev–Trinajstić information content (AvgIpc) is 2.75. The molecule has 2 rings (SSSR count). The molecular formula is C12H18BrNO2S. The molecule has 5 heteroatoms. The van der Waals surface area contributed by atoms with Crippen LogP contribution in [0.3, 0.4) is 0 Å². The number of morpholine rings is 1. The lowest BCUT2D eigenvalue weighted by atomic mass is 10.1. The number of rotatable bonds is 4. The van der Waals surface area contributed by atoms with E-state index in [2.05, 4.69) is 33.8 Å². The zero-order valence-electron chi connectivity index (χ0n) is 9.93. The number of hydrogen-bond donors (Lipinski definition) is 1. The summed E-state index contributed by atoms with van der Waals surface area (Å²) in [4.78, 5) is 3.52. The van der Waals surface area contributed by atoms with Crippen molar-refractivity contribution in [1.82, 2.24) is 4.90 Å². The van der Waals surface area contributed by atoms with E-state index >= 15 is 0 Å². The standard InChI is InChI=1S/C12H18BrNO2S/c1-2-14-3-4-16-12(7-14)11(15)6-10-5-9(13)8-17-10/h5,8,11-12,15H,2-4,6-7H2,1H3. The van der Waals surface area contributed by atoms with Crippen LogP contribution in [0.25, 0.3) is 0 Å². The topological polar surface area (TPSA) is 32.7 Å². The molecule has 3 nitrogen and oxygen atoms in total. The molecule has 1 fully saturated rings. The summed E-state index contributed by atoms with van der Waals surface area (Å²) < 4.78 is 6.74. The maximum absolute atomic E-state index is 10.2. The zero-order valence-corrected chi connectivity index (χ0v) is 12.3. The zero-order chi connectivity index (χ0) is 12.3. The van der Waals surface area contributed by atoms with Gasteiger partial charge in [0.05, 0.1) is 18.8 Å². The molecule has 1 aliphatic rings. The largest absolute Gasteiger partial charge is 0.390 e. The summed E-state index contributed by atoms with van der Waals surface area (Å²) in [6.45, 7) is 5.71. The van der Waals surface area contributed by atoms with Crippen LogP contribution in [-0.4, -0.2) is 48.5 Å². The van der Waals surface area contributed by atoms with Crippen LogP contribution in [-0.2, 0) is 11.2 Å². The van der Waals surface area contributed by atoms with E-state index in [-0.39, 0.29) is 6.10 Å². The van der Waals surface area contributed by atoms with Gasteiger partial charge in [0.15, 0.2) is 0 Å². The predicted octanol–water partition coefficient (Wildman–Crippen LogP) is 2.13. The quantitative estimate of drug-likeness (QED) is 0.923. The minimum atomic E-state index is -0.408. The Morgan fingerprint density at radius 1 is 1.71 bits per heavy atom. The van der Waals surface area contributed by atoms with Crippen molar-refractivity contribution in [3.8, 4) is 0 Å². The highest BCUT2D eigenvalue weighted by Gasteiger charge is 2.26. The molecule has 0 bridgehead atoms. The SMILES string of the molecule is CCN1CCOC(C(O)Cc2cc(Br)cs2)C1. The summed E-state index contributed by atoms with van der Waals surface area (Å²) in [5.74, 6) is 0. The lowest BCUT2D eigenvalue weighted by Crippen LogP contribution is -2.48. The maximum Gasteiger partial charge on any atom is 0.0964 e. The number of ether oxygens (including phenoxy) is 1. The normalized spacial score (nSPS) is 23.8. The number of halogens is 1. The summed E-state index contributed by atoms with van der Waals surface area (Å²) in [6.07, 6.45) is 0.220. The van der Waals surface area contributed by atoms with Crippen LogP contribution in [0.2, 0.25) is 0 Å². The maximum atomic E-state index is 10.2. The van der Waals surface area contributed by atoms with Crippen LogP contribution in [0.1, 0.15) is 11.8 Å². The number of likely N-dealkylation sites (N-methyl/N-ethyl adjacent to an activating group) is 1. The highest BCUT2D eigenvalue weighted by atomic mass is 79.9. The Morgan fingerprint density at radius 2 is 2.53 bits per heavy atom. The van der Waals surface area contributed by atoms with Crippen LogP contribution in [0, 0.1) is 0 Å². The van der Waals surface area contributed by atoms with Gasteiger partial charge in [-0.15, -0.1) is 11.3 Å². The summed E-state index contributed by atoms with van der Waals surface area (Å²) in [5, 5.41) is 12.2. The third-order valence-electron chi connectivity index (χ3n) is 3.09. The summed E-state index contributed by atoms with van der Waals surface area (Å²) in [5.41, 5.74) is 0. The number of thiophene rings is 1. The van der Waals surface area contributed by atoms with Gasteiger partial charge in [0.25, 0.3) is 0 Å². The van der Waals surface area contributed by atoms with Crippen molar-refractivity contribution in [3.05, 3.63) is 20.8 Å². The Hall–Kier alpha value is 0.0600. The van der Waals surface area contributed by atoms with Crippen LogP contribution >= 0.6 is 27.3 Å². The Morgan fingerprint density at radius 3 is 3.18 bits per heavy atom. The molecule has 2 heterocycles. The van der Waals surface area contributed by atoms with Crippen molar-refractivity contribution in [3.63, 3.8) is 0 Å². The fourth-order valence-corrected chi connectivity index (χ4v) is 3.55. The Bertz CT molecular complexity index is 358. The first kappa shape index (κ1) is 13.5. The van der Waals surface area contributed by atoms with Gasteiger partial charge in [0, 0.05) is 34.2 Å². The molecule has 96 valence electrons. The molecule has 0 spiro atoms. The van der Waals surface area contributed by atoms with Crippen LogP contribution in [0.4, 0.5) is 0 Å². The van der Waals surface area contributed by atoms with Crippen LogP contribution < -0.4 is 0 Å². The number of hydrogen-bond acceptors (Lipinski definition) is 4. The first-order chi connectivity index (χ1) is 8.19. The van der Waals surface area contributed by atoms with E-state index in [1.54, 1.807) is 11.3 Å². The summed E-state index contributed by atoms with van der Waals surface area (Å²) in [7, 11) is 0. The molecule has 1 aromatic rings. The summed E-state index contributed by atoms with van der Waals surface area (Å²) >= 11 is 5.10. The molecule has 0 saturated carbocycles. The molecule has 1 saturated heterocycles. The number of aliphatic hydroxyl groups is 1. The molecule has 0 amide bonds. The van der Waals surface area contributed by atoms with Gasteiger partial charge in [-0.2, -0.15) is 0 Å². The Balaban J connectivity index is 1.88. The van der Waals surface area contributed by atoms with E-state index in [0.29, 0.717) is 6.42 Å². The molecule has 0 aliphatic carbocycles. The second-order valence-electron chi connectivity index (χ2n) is 4.31. The van der Waals surface area contributed by atoms with Crippen molar-refractivity contribution in [2.45, 2.75) is 25.6 Å². The first-order valence-corrected chi connectivity index (χ1v) is 7.61. The van der Waals surface area contributed by atoms with Gasteiger partial charge in [0.2, 0.25) is 0 Å². The molecule has 1 aromatic heterocycles. The van der Waals surface area contributed by atoms with E-state index in [9.17, 15) is 5.11 Å². The smallest absolute Gasteiger partial charge is 0.0964 e. The minimum Gasteiger partial charge on any atom is -0.390 e. The molecule has 0 radical (unpaired) electrons.